The lowest BCUT2D eigenvalue weighted by Crippen LogP contribution is -1.62. The SMILES string of the molecule is Cc1ccccc1.Cl.Cl.P. The Morgan fingerprint density at radius 2 is 1.30 bits per heavy atom. The maximum atomic E-state index is 2.08. The average Bonchev–Trinajstić information content (AvgIpc) is 1.69. The molecule has 0 spiro atoms. The molecule has 10 heavy (non-hydrogen) atoms. The molecule has 0 amide bonds. The topological polar surface area (TPSA) is 0 Å². The van der Waals surface area contributed by atoms with Gasteiger partial charge in [-0.1, -0.05) is 35.9 Å². The molecule has 3 heteroatoms. The standard InChI is InChI=1S/C7H8.2ClH.H3P/c1-7-5-3-2-4-6-7;;;/h2-6H,1H3;2*1H;1H3. The minimum Gasteiger partial charge on any atom is -0.153 e. The van der Waals surface area contributed by atoms with Crippen molar-refractivity contribution in [3.05, 3.63) is 35.9 Å². The van der Waals surface area contributed by atoms with E-state index in [0.717, 1.165) is 0 Å². The highest BCUT2D eigenvalue weighted by Crippen LogP contribution is 1.92. The zero-order valence-electron chi connectivity index (χ0n) is 5.91. The largest absolute Gasteiger partial charge is 0.153 e. The molecule has 60 valence electrons. The summed E-state index contributed by atoms with van der Waals surface area (Å²) in [5.74, 6) is 0. The van der Waals surface area contributed by atoms with Crippen LogP contribution in [-0.2, 0) is 0 Å². The summed E-state index contributed by atoms with van der Waals surface area (Å²) in [5, 5.41) is 0. The molecule has 0 aliphatic heterocycles. The Kier molecular flexibility index (Phi) is 15.4. The zero-order chi connectivity index (χ0) is 5.11. The van der Waals surface area contributed by atoms with Gasteiger partial charge in [-0.3, -0.25) is 0 Å². The summed E-state index contributed by atoms with van der Waals surface area (Å²) in [6.07, 6.45) is 0. The minimum absolute atomic E-state index is 0. The van der Waals surface area contributed by atoms with Crippen LogP contribution in [0.2, 0.25) is 0 Å². The Balaban J connectivity index is -0.000000163. The molecule has 1 atom stereocenters. The zero-order valence-corrected chi connectivity index (χ0v) is 8.96. The van der Waals surface area contributed by atoms with Gasteiger partial charge in [0.25, 0.3) is 0 Å². The molecular weight excluding hydrogens is 186 g/mol. The number of hydrogen-bond acceptors (Lipinski definition) is 0. The fourth-order valence-corrected chi connectivity index (χ4v) is 0.534. The van der Waals surface area contributed by atoms with Gasteiger partial charge >= 0.3 is 0 Å². The second-order valence-corrected chi connectivity index (χ2v) is 1.65. The molecular formula is C7H13Cl2P. The highest BCUT2D eigenvalue weighted by atomic mass is 35.5. The van der Waals surface area contributed by atoms with E-state index in [4.69, 9.17) is 0 Å². The van der Waals surface area contributed by atoms with Crippen LogP contribution in [0.3, 0.4) is 0 Å². The van der Waals surface area contributed by atoms with Crippen molar-refractivity contribution in [1.82, 2.24) is 0 Å². The van der Waals surface area contributed by atoms with Crippen molar-refractivity contribution < 1.29 is 0 Å². The number of halogens is 2. The summed E-state index contributed by atoms with van der Waals surface area (Å²) >= 11 is 0. The van der Waals surface area contributed by atoms with Crippen molar-refractivity contribution in [3.8, 4) is 0 Å². The number of rotatable bonds is 0. The van der Waals surface area contributed by atoms with Crippen LogP contribution in [0, 0.1) is 6.92 Å². The first kappa shape index (κ1) is 16.7. The quantitative estimate of drug-likeness (QED) is 0.563. The molecule has 0 fully saturated rings. The molecule has 0 bridgehead atoms. The molecule has 0 aromatic heterocycles. The van der Waals surface area contributed by atoms with Crippen molar-refractivity contribution in [3.63, 3.8) is 0 Å². The molecule has 1 aromatic rings. The van der Waals surface area contributed by atoms with Gasteiger partial charge < -0.3 is 0 Å². The van der Waals surface area contributed by atoms with Gasteiger partial charge in [-0.25, -0.2) is 0 Å². The third-order valence-corrected chi connectivity index (χ3v) is 0.940. The molecule has 0 saturated heterocycles. The number of hydrogen-bond donors (Lipinski definition) is 0. The first-order chi connectivity index (χ1) is 3.39. The lowest BCUT2D eigenvalue weighted by molar-refractivity contribution is 1.48. The Hall–Kier alpha value is 0.230. The van der Waals surface area contributed by atoms with E-state index in [9.17, 15) is 0 Å². The number of aryl methyl sites for hydroxylation is 1. The van der Waals surface area contributed by atoms with Crippen LogP contribution < -0.4 is 0 Å². The van der Waals surface area contributed by atoms with Crippen LogP contribution in [0.1, 0.15) is 5.56 Å². The van der Waals surface area contributed by atoms with Crippen molar-refractivity contribution in [2.45, 2.75) is 6.92 Å². The van der Waals surface area contributed by atoms with Gasteiger partial charge in [-0.05, 0) is 6.92 Å². The van der Waals surface area contributed by atoms with Crippen molar-refractivity contribution in [2.75, 3.05) is 0 Å². The lowest BCUT2D eigenvalue weighted by Gasteiger charge is -1.82. The Labute approximate surface area is 77.9 Å². The first-order valence-electron chi connectivity index (χ1n) is 2.41. The normalized spacial score (nSPS) is 6.10. The van der Waals surface area contributed by atoms with Gasteiger partial charge in [0, 0.05) is 0 Å². The molecule has 1 rings (SSSR count). The van der Waals surface area contributed by atoms with Gasteiger partial charge in [0.1, 0.15) is 0 Å². The molecule has 0 heterocycles. The number of benzene rings is 1. The van der Waals surface area contributed by atoms with Crippen LogP contribution >= 0.6 is 34.7 Å². The predicted octanol–water partition coefficient (Wildman–Crippen LogP) is 2.90. The fraction of sp³-hybridized carbons (Fsp3) is 0.143. The molecule has 0 N–H and O–H groups in total. The van der Waals surface area contributed by atoms with E-state index < -0.39 is 0 Å². The van der Waals surface area contributed by atoms with Crippen LogP contribution in [0.15, 0.2) is 30.3 Å². The summed E-state index contributed by atoms with van der Waals surface area (Å²) < 4.78 is 0. The summed E-state index contributed by atoms with van der Waals surface area (Å²) in [7, 11) is 0. The molecule has 1 aromatic carbocycles. The van der Waals surface area contributed by atoms with E-state index in [-0.39, 0.29) is 34.7 Å². The van der Waals surface area contributed by atoms with E-state index in [0.29, 0.717) is 0 Å². The summed E-state index contributed by atoms with van der Waals surface area (Å²) in [6.45, 7) is 2.08. The Bertz CT molecular complexity index is 142. The van der Waals surface area contributed by atoms with E-state index in [2.05, 4.69) is 19.1 Å². The Morgan fingerprint density at radius 1 is 0.900 bits per heavy atom. The van der Waals surface area contributed by atoms with Gasteiger partial charge in [-0.2, -0.15) is 9.90 Å². The van der Waals surface area contributed by atoms with E-state index in [1.54, 1.807) is 0 Å². The van der Waals surface area contributed by atoms with Gasteiger partial charge in [0.15, 0.2) is 0 Å². The van der Waals surface area contributed by atoms with E-state index >= 15 is 0 Å². The third kappa shape index (κ3) is 6.35. The minimum atomic E-state index is 0. The van der Waals surface area contributed by atoms with E-state index in [1.165, 1.54) is 5.56 Å². The second-order valence-electron chi connectivity index (χ2n) is 1.65. The molecule has 0 aliphatic carbocycles. The molecule has 0 saturated carbocycles. The van der Waals surface area contributed by atoms with Crippen LogP contribution in [0.4, 0.5) is 0 Å². The maximum Gasteiger partial charge on any atom is -0.0398 e. The highest BCUT2D eigenvalue weighted by molar-refractivity contribution is 6.92. The predicted molar refractivity (Wildman–Crippen MR) is 56.8 cm³/mol. The van der Waals surface area contributed by atoms with Crippen LogP contribution in [0.5, 0.6) is 0 Å². The van der Waals surface area contributed by atoms with Crippen molar-refractivity contribution in [2.24, 2.45) is 0 Å². The lowest BCUT2D eigenvalue weighted by atomic mass is 10.2. The summed E-state index contributed by atoms with van der Waals surface area (Å²) in [5.41, 5.74) is 1.32. The van der Waals surface area contributed by atoms with Crippen LogP contribution in [0.25, 0.3) is 0 Å². The monoisotopic (exact) mass is 198 g/mol. The second kappa shape index (κ2) is 9.23. The molecule has 0 radical (unpaired) electrons. The average molecular weight is 199 g/mol. The first-order valence-corrected chi connectivity index (χ1v) is 2.41. The third-order valence-electron chi connectivity index (χ3n) is 0.940. The molecule has 0 nitrogen and oxygen atoms in total. The summed E-state index contributed by atoms with van der Waals surface area (Å²) in [4.78, 5) is 0. The fourth-order valence-electron chi connectivity index (χ4n) is 0.534. The van der Waals surface area contributed by atoms with Crippen molar-refractivity contribution >= 4 is 34.7 Å². The molecule has 0 aliphatic rings. The summed E-state index contributed by atoms with van der Waals surface area (Å²) in [6, 6.07) is 10.3. The maximum absolute atomic E-state index is 2.08. The van der Waals surface area contributed by atoms with Gasteiger partial charge in [-0.15, -0.1) is 24.8 Å². The highest BCUT2D eigenvalue weighted by Gasteiger charge is 1.72. The van der Waals surface area contributed by atoms with Crippen LogP contribution in [-0.4, -0.2) is 0 Å². The van der Waals surface area contributed by atoms with Crippen molar-refractivity contribution in [1.29, 1.82) is 0 Å². The van der Waals surface area contributed by atoms with E-state index in [1.807, 2.05) is 18.2 Å². The van der Waals surface area contributed by atoms with Gasteiger partial charge in [0.2, 0.25) is 0 Å². The van der Waals surface area contributed by atoms with Gasteiger partial charge in [0.05, 0.1) is 0 Å². The molecule has 1 unspecified atom stereocenters. The Morgan fingerprint density at radius 3 is 1.50 bits per heavy atom. The smallest absolute Gasteiger partial charge is 0.0398 e.